The monoisotopic (exact) mass is 373 g/mol. The van der Waals surface area contributed by atoms with E-state index in [1.807, 2.05) is 6.92 Å². The summed E-state index contributed by atoms with van der Waals surface area (Å²) in [5, 5.41) is 3.32. The van der Waals surface area contributed by atoms with Crippen LogP contribution >= 0.6 is 11.6 Å². The lowest BCUT2D eigenvalue weighted by Gasteiger charge is -2.15. The van der Waals surface area contributed by atoms with Gasteiger partial charge in [-0.05, 0) is 43.5 Å². The minimum atomic E-state index is -0.416. The summed E-state index contributed by atoms with van der Waals surface area (Å²) in [7, 11) is 1.50. The van der Waals surface area contributed by atoms with Crippen molar-refractivity contribution < 1.29 is 14.3 Å². The van der Waals surface area contributed by atoms with Gasteiger partial charge in [0.05, 0.1) is 12.8 Å². The van der Waals surface area contributed by atoms with Gasteiger partial charge in [0, 0.05) is 35.9 Å². The quantitative estimate of drug-likeness (QED) is 0.889. The van der Waals surface area contributed by atoms with Gasteiger partial charge in [0.2, 0.25) is 0 Å². The Bertz CT molecular complexity index is 848. The Balaban J connectivity index is 1.81. The summed E-state index contributed by atoms with van der Waals surface area (Å²) >= 11 is 6.09. The Hall–Kier alpha value is -2.60. The van der Waals surface area contributed by atoms with Gasteiger partial charge in [-0.3, -0.25) is 14.6 Å². The summed E-state index contributed by atoms with van der Waals surface area (Å²) in [4.78, 5) is 31.0. The highest BCUT2D eigenvalue weighted by molar-refractivity contribution is 6.31. The van der Waals surface area contributed by atoms with Crippen LogP contribution < -0.4 is 10.1 Å². The number of methoxy groups -OCH3 is 1. The second-order valence-corrected chi connectivity index (χ2v) is 6.59. The number of aromatic nitrogens is 1. The topological polar surface area (TPSA) is 71.5 Å². The molecule has 26 heavy (non-hydrogen) atoms. The van der Waals surface area contributed by atoms with Crippen molar-refractivity contribution in [3.63, 3.8) is 0 Å². The zero-order valence-corrected chi connectivity index (χ0v) is 15.5. The van der Waals surface area contributed by atoms with Crippen molar-refractivity contribution in [2.45, 2.75) is 19.8 Å². The van der Waals surface area contributed by atoms with Gasteiger partial charge in [-0.1, -0.05) is 11.6 Å². The van der Waals surface area contributed by atoms with Crippen molar-refractivity contribution in [2.75, 3.05) is 25.5 Å². The molecule has 1 fully saturated rings. The average Bonchev–Trinajstić information content (AvgIpc) is 3.18. The second kappa shape index (κ2) is 7.74. The van der Waals surface area contributed by atoms with Gasteiger partial charge in [0.1, 0.15) is 11.4 Å². The molecule has 3 rings (SSSR count). The number of benzene rings is 1. The third kappa shape index (κ3) is 3.80. The zero-order chi connectivity index (χ0) is 18.7. The molecule has 0 radical (unpaired) electrons. The Kier molecular flexibility index (Phi) is 5.42. The molecule has 2 amide bonds. The van der Waals surface area contributed by atoms with Crippen LogP contribution in [0.5, 0.6) is 5.75 Å². The Morgan fingerprint density at radius 2 is 1.96 bits per heavy atom. The fraction of sp³-hybridized carbons (Fsp3) is 0.316. The summed E-state index contributed by atoms with van der Waals surface area (Å²) in [6, 6.07) is 6.53. The molecule has 136 valence electrons. The summed E-state index contributed by atoms with van der Waals surface area (Å²) in [6.45, 7) is 3.35. The SMILES string of the molecule is COc1cc(Cl)c(C)cc1NC(=O)c1cc(C(=O)N2CCCC2)ccn1. The molecule has 1 saturated heterocycles. The van der Waals surface area contributed by atoms with Crippen LogP contribution in [0.15, 0.2) is 30.5 Å². The molecule has 1 N–H and O–H groups in total. The van der Waals surface area contributed by atoms with Crippen LogP contribution in [0, 0.1) is 6.92 Å². The molecule has 2 heterocycles. The van der Waals surface area contributed by atoms with Crippen LogP contribution in [-0.4, -0.2) is 41.9 Å². The van der Waals surface area contributed by atoms with Crippen LogP contribution in [0.1, 0.15) is 39.3 Å². The zero-order valence-electron chi connectivity index (χ0n) is 14.7. The van der Waals surface area contributed by atoms with E-state index in [0.29, 0.717) is 22.0 Å². The van der Waals surface area contributed by atoms with E-state index < -0.39 is 5.91 Å². The minimum Gasteiger partial charge on any atom is -0.495 e. The van der Waals surface area contributed by atoms with Gasteiger partial charge >= 0.3 is 0 Å². The van der Waals surface area contributed by atoms with Crippen LogP contribution in [-0.2, 0) is 0 Å². The first-order valence-electron chi connectivity index (χ1n) is 8.40. The largest absolute Gasteiger partial charge is 0.495 e. The lowest BCUT2D eigenvalue weighted by Crippen LogP contribution is -2.28. The van der Waals surface area contributed by atoms with Crippen LogP contribution in [0.4, 0.5) is 5.69 Å². The fourth-order valence-corrected chi connectivity index (χ4v) is 3.06. The van der Waals surface area contributed by atoms with Crippen molar-refractivity contribution in [3.8, 4) is 5.75 Å². The summed E-state index contributed by atoms with van der Waals surface area (Å²) < 4.78 is 5.27. The van der Waals surface area contributed by atoms with Crippen molar-refractivity contribution in [1.82, 2.24) is 9.88 Å². The highest BCUT2D eigenvalue weighted by atomic mass is 35.5. The number of anilines is 1. The third-order valence-corrected chi connectivity index (χ3v) is 4.77. The summed E-state index contributed by atoms with van der Waals surface area (Å²) in [5.41, 5.74) is 1.95. The molecule has 1 aromatic carbocycles. The van der Waals surface area contributed by atoms with E-state index in [1.54, 1.807) is 23.1 Å². The van der Waals surface area contributed by atoms with Gasteiger partial charge in [-0.15, -0.1) is 0 Å². The highest BCUT2D eigenvalue weighted by Crippen LogP contribution is 2.31. The van der Waals surface area contributed by atoms with Crippen LogP contribution in [0.25, 0.3) is 0 Å². The number of likely N-dealkylation sites (tertiary alicyclic amines) is 1. The summed E-state index contributed by atoms with van der Waals surface area (Å²) in [6.07, 6.45) is 3.50. The average molecular weight is 374 g/mol. The first-order valence-corrected chi connectivity index (χ1v) is 8.78. The number of amides is 2. The van der Waals surface area contributed by atoms with Crippen molar-refractivity contribution in [1.29, 1.82) is 0 Å². The number of hydrogen-bond donors (Lipinski definition) is 1. The van der Waals surface area contributed by atoms with Crippen molar-refractivity contribution in [3.05, 3.63) is 52.3 Å². The highest BCUT2D eigenvalue weighted by Gasteiger charge is 2.21. The number of halogens is 1. The molecule has 0 unspecified atom stereocenters. The van der Waals surface area contributed by atoms with Gasteiger partial charge in [0.15, 0.2) is 0 Å². The number of ether oxygens (including phenoxy) is 1. The predicted octanol–water partition coefficient (Wildman–Crippen LogP) is 3.54. The molecule has 0 aliphatic carbocycles. The lowest BCUT2D eigenvalue weighted by atomic mass is 10.1. The predicted molar refractivity (Wildman–Crippen MR) is 100 cm³/mol. The number of carbonyl (C=O) groups excluding carboxylic acids is 2. The molecule has 7 heteroatoms. The van der Waals surface area contributed by atoms with Crippen LogP contribution in [0.3, 0.4) is 0 Å². The van der Waals surface area contributed by atoms with E-state index in [4.69, 9.17) is 16.3 Å². The van der Waals surface area contributed by atoms with E-state index in [-0.39, 0.29) is 11.6 Å². The Labute approximate surface area is 157 Å². The van der Waals surface area contributed by atoms with Gasteiger partial charge < -0.3 is 15.0 Å². The first kappa shape index (κ1) is 18.2. The van der Waals surface area contributed by atoms with Crippen molar-refractivity contribution in [2.24, 2.45) is 0 Å². The Morgan fingerprint density at radius 1 is 1.23 bits per heavy atom. The fourth-order valence-electron chi connectivity index (χ4n) is 2.91. The van der Waals surface area contributed by atoms with E-state index in [0.717, 1.165) is 31.5 Å². The van der Waals surface area contributed by atoms with Gasteiger partial charge in [-0.25, -0.2) is 0 Å². The maximum Gasteiger partial charge on any atom is 0.274 e. The van der Waals surface area contributed by atoms with E-state index in [9.17, 15) is 9.59 Å². The molecule has 1 aromatic heterocycles. The lowest BCUT2D eigenvalue weighted by molar-refractivity contribution is 0.0792. The smallest absolute Gasteiger partial charge is 0.274 e. The molecule has 2 aromatic rings. The van der Waals surface area contributed by atoms with Crippen LogP contribution in [0.2, 0.25) is 5.02 Å². The number of nitrogens with one attached hydrogen (secondary N) is 1. The normalized spacial score (nSPS) is 13.6. The number of aryl methyl sites for hydroxylation is 1. The first-order chi connectivity index (χ1) is 12.5. The van der Waals surface area contributed by atoms with E-state index in [1.165, 1.54) is 19.4 Å². The molecule has 1 aliphatic rings. The third-order valence-electron chi connectivity index (χ3n) is 4.36. The Morgan fingerprint density at radius 3 is 2.65 bits per heavy atom. The van der Waals surface area contributed by atoms with Gasteiger partial charge in [0.25, 0.3) is 11.8 Å². The molecule has 0 saturated carbocycles. The standard InChI is InChI=1S/C19H20ClN3O3/c1-12-9-15(17(26-2)11-14(12)20)22-18(24)16-10-13(5-6-21-16)19(25)23-7-3-4-8-23/h5-6,9-11H,3-4,7-8H2,1-2H3,(H,22,24). The molecular weight excluding hydrogens is 354 g/mol. The maximum atomic E-state index is 12.6. The molecule has 6 nitrogen and oxygen atoms in total. The summed E-state index contributed by atoms with van der Waals surface area (Å²) in [5.74, 6) is -0.0294. The maximum absolute atomic E-state index is 12.6. The molecule has 0 atom stereocenters. The van der Waals surface area contributed by atoms with Gasteiger partial charge in [-0.2, -0.15) is 0 Å². The number of rotatable bonds is 4. The number of nitrogens with zero attached hydrogens (tertiary/aromatic N) is 2. The van der Waals surface area contributed by atoms with Crippen molar-refractivity contribution >= 4 is 29.1 Å². The number of carbonyl (C=O) groups is 2. The van der Waals surface area contributed by atoms with E-state index >= 15 is 0 Å². The number of hydrogen-bond acceptors (Lipinski definition) is 4. The molecular formula is C19H20ClN3O3. The number of pyridine rings is 1. The molecule has 0 bridgehead atoms. The second-order valence-electron chi connectivity index (χ2n) is 6.18. The van der Waals surface area contributed by atoms with E-state index in [2.05, 4.69) is 10.3 Å². The molecule has 1 aliphatic heterocycles. The molecule has 0 spiro atoms. The minimum absolute atomic E-state index is 0.0705.